The zero-order valence-electron chi connectivity index (χ0n) is 21.3. The van der Waals surface area contributed by atoms with E-state index in [-0.39, 0.29) is 17.7 Å². The molecule has 0 aliphatic carbocycles. The van der Waals surface area contributed by atoms with Gasteiger partial charge in [0.2, 0.25) is 0 Å². The molecule has 0 bridgehead atoms. The summed E-state index contributed by atoms with van der Waals surface area (Å²) in [7, 11) is 0. The molecule has 0 aromatic heterocycles. The van der Waals surface area contributed by atoms with Crippen LogP contribution < -0.4 is 0 Å². The Morgan fingerprint density at radius 2 is 1.15 bits per heavy atom. The normalized spacial score (nSPS) is 16.3. The van der Waals surface area contributed by atoms with Crippen LogP contribution in [0.3, 0.4) is 0 Å². The number of hydrogen-bond donors (Lipinski definition) is 0. The second-order valence-corrected chi connectivity index (χ2v) is 10.2. The smallest absolute Gasteiger partial charge is 0.123 e. The maximum Gasteiger partial charge on any atom is 0.123 e. The van der Waals surface area contributed by atoms with Gasteiger partial charge in [-0.2, -0.15) is 0 Å². The molecule has 0 saturated carbocycles. The molecule has 0 spiro atoms. The van der Waals surface area contributed by atoms with E-state index in [1.807, 2.05) is 24.3 Å². The van der Waals surface area contributed by atoms with Crippen molar-refractivity contribution in [1.29, 1.82) is 0 Å². The molecule has 3 rings (SSSR count). The summed E-state index contributed by atoms with van der Waals surface area (Å²) < 4.78 is 27.0. The van der Waals surface area contributed by atoms with Crippen molar-refractivity contribution >= 4 is 0 Å². The number of halogens is 2. The fourth-order valence-corrected chi connectivity index (χ4v) is 5.07. The molecule has 0 radical (unpaired) electrons. The van der Waals surface area contributed by atoms with Crippen molar-refractivity contribution in [3.63, 3.8) is 0 Å². The van der Waals surface area contributed by atoms with Gasteiger partial charge in [-0.3, -0.25) is 4.90 Å². The van der Waals surface area contributed by atoms with E-state index in [4.69, 9.17) is 0 Å². The van der Waals surface area contributed by atoms with E-state index in [1.54, 1.807) is 0 Å². The molecule has 2 aromatic rings. The molecule has 0 unspecified atom stereocenters. The highest BCUT2D eigenvalue weighted by Gasteiger charge is 2.26. The molecule has 1 heterocycles. The summed E-state index contributed by atoms with van der Waals surface area (Å²) in [6, 6.07) is 13.6. The fraction of sp³-hybridized carbons (Fsp3) is 0.600. The average molecular weight is 471 g/mol. The van der Waals surface area contributed by atoms with E-state index in [1.165, 1.54) is 88.6 Å². The van der Waals surface area contributed by atoms with Crippen molar-refractivity contribution < 1.29 is 8.78 Å². The predicted molar refractivity (Wildman–Crippen MR) is 139 cm³/mol. The Morgan fingerprint density at radius 3 is 1.65 bits per heavy atom. The van der Waals surface area contributed by atoms with E-state index >= 15 is 0 Å². The second-order valence-electron chi connectivity index (χ2n) is 10.2. The quantitative estimate of drug-likeness (QED) is 0.260. The van der Waals surface area contributed by atoms with Crippen molar-refractivity contribution in [3.8, 4) is 0 Å². The van der Waals surface area contributed by atoms with Crippen LogP contribution >= 0.6 is 0 Å². The van der Waals surface area contributed by atoms with E-state index in [9.17, 15) is 8.78 Å². The molecule has 34 heavy (non-hydrogen) atoms. The van der Waals surface area contributed by atoms with Crippen molar-refractivity contribution in [2.75, 3.05) is 32.7 Å². The summed E-state index contributed by atoms with van der Waals surface area (Å²) in [5.41, 5.74) is 2.12. The lowest BCUT2D eigenvalue weighted by Crippen LogP contribution is -2.48. The van der Waals surface area contributed by atoms with Gasteiger partial charge in [0, 0.05) is 26.2 Å². The molecule has 1 aliphatic rings. The van der Waals surface area contributed by atoms with Crippen LogP contribution in [0, 0.1) is 17.6 Å². The van der Waals surface area contributed by atoms with Gasteiger partial charge in [-0.1, -0.05) is 89.5 Å². The van der Waals surface area contributed by atoms with Crippen molar-refractivity contribution in [2.24, 2.45) is 5.92 Å². The lowest BCUT2D eigenvalue weighted by molar-refractivity contribution is 0.108. The summed E-state index contributed by atoms with van der Waals surface area (Å²) >= 11 is 0. The van der Waals surface area contributed by atoms with Crippen LogP contribution in [0.1, 0.15) is 88.8 Å². The van der Waals surface area contributed by atoms with Gasteiger partial charge in [-0.25, -0.2) is 8.78 Å². The number of nitrogens with zero attached hydrogens (tertiary/aromatic N) is 2. The third-order valence-electron chi connectivity index (χ3n) is 7.51. The summed E-state index contributed by atoms with van der Waals surface area (Å²) in [5.74, 6) is 0.442. The fourth-order valence-electron chi connectivity index (χ4n) is 5.07. The Morgan fingerprint density at radius 1 is 0.676 bits per heavy atom. The van der Waals surface area contributed by atoms with E-state index in [0.29, 0.717) is 0 Å². The maximum absolute atomic E-state index is 13.5. The summed E-state index contributed by atoms with van der Waals surface area (Å²) in [4.78, 5) is 5.03. The first kappa shape index (κ1) is 26.8. The van der Waals surface area contributed by atoms with Gasteiger partial charge in [0.15, 0.2) is 0 Å². The van der Waals surface area contributed by atoms with Crippen molar-refractivity contribution in [1.82, 2.24) is 9.80 Å². The van der Waals surface area contributed by atoms with Gasteiger partial charge in [-0.15, -0.1) is 0 Å². The second kappa shape index (κ2) is 14.6. The molecular weight excluding hydrogens is 426 g/mol. The molecule has 1 atom stereocenters. The minimum atomic E-state index is -0.225. The van der Waals surface area contributed by atoms with Gasteiger partial charge in [0.25, 0.3) is 0 Å². The molecule has 2 aromatic carbocycles. The molecule has 4 heteroatoms. The van der Waals surface area contributed by atoms with Gasteiger partial charge in [0.1, 0.15) is 11.6 Å². The molecular formula is C30H44F2N2. The Hall–Kier alpha value is -1.78. The van der Waals surface area contributed by atoms with Gasteiger partial charge in [0.05, 0.1) is 6.04 Å². The SMILES string of the molecule is CC[C@@H](C)CCCCCCCCCN1CCN(C(c2ccc(F)cc2)c2ccc(F)cc2)CC1. The van der Waals surface area contributed by atoms with Crippen molar-refractivity contribution in [3.05, 3.63) is 71.3 Å². The highest BCUT2D eigenvalue weighted by atomic mass is 19.1. The molecule has 0 N–H and O–H groups in total. The lowest BCUT2D eigenvalue weighted by Gasteiger charge is -2.40. The largest absolute Gasteiger partial charge is 0.301 e. The number of piperazine rings is 1. The highest BCUT2D eigenvalue weighted by molar-refractivity contribution is 5.32. The number of rotatable bonds is 14. The molecule has 188 valence electrons. The van der Waals surface area contributed by atoms with Crippen LogP contribution in [-0.2, 0) is 0 Å². The van der Waals surface area contributed by atoms with Crippen LogP contribution in [0.15, 0.2) is 48.5 Å². The monoisotopic (exact) mass is 470 g/mol. The minimum Gasteiger partial charge on any atom is -0.301 e. The Bertz CT molecular complexity index is 752. The predicted octanol–water partition coefficient (Wildman–Crippen LogP) is 7.84. The number of unbranched alkanes of at least 4 members (excludes halogenated alkanes) is 6. The Kier molecular flexibility index (Phi) is 11.5. The number of hydrogen-bond acceptors (Lipinski definition) is 2. The molecule has 2 nitrogen and oxygen atoms in total. The van der Waals surface area contributed by atoms with Crippen LogP contribution in [0.2, 0.25) is 0 Å². The van der Waals surface area contributed by atoms with Crippen LogP contribution in [0.5, 0.6) is 0 Å². The third-order valence-corrected chi connectivity index (χ3v) is 7.51. The number of benzene rings is 2. The first-order chi connectivity index (χ1) is 16.6. The zero-order chi connectivity index (χ0) is 24.2. The highest BCUT2D eigenvalue weighted by Crippen LogP contribution is 2.30. The Balaban J connectivity index is 1.39. The topological polar surface area (TPSA) is 6.48 Å². The standard InChI is InChI=1S/C30H44F2N2/c1-3-25(2)11-9-7-5-4-6-8-10-20-33-21-23-34(24-22-33)30(26-12-16-28(31)17-13-26)27-14-18-29(32)19-15-27/h12-19,25,30H,3-11,20-24H2,1-2H3/t25-/m1/s1. The van der Waals surface area contributed by atoms with Gasteiger partial charge >= 0.3 is 0 Å². The summed E-state index contributed by atoms with van der Waals surface area (Å²) in [6.45, 7) is 9.87. The van der Waals surface area contributed by atoms with Gasteiger partial charge < -0.3 is 4.90 Å². The molecule has 1 saturated heterocycles. The average Bonchev–Trinajstić information content (AvgIpc) is 2.86. The van der Waals surface area contributed by atoms with E-state index < -0.39 is 0 Å². The molecule has 0 amide bonds. The maximum atomic E-state index is 13.5. The Labute approximate surface area is 206 Å². The first-order valence-corrected chi connectivity index (χ1v) is 13.5. The minimum absolute atomic E-state index is 0.0312. The lowest BCUT2D eigenvalue weighted by atomic mass is 9.96. The van der Waals surface area contributed by atoms with E-state index in [0.717, 1.165) is 43.2 Å². The van der Waals surface area contributed by atoms with Crippen LogP contribution in [0.4, 0.5) is 8.78 Å². The van der Waals surface area contributed by atoms with Crippen LogP contribution in [0.25, 0.3) is 0 Å². The van der Waals surface area contributed by atoms with Crippen LogP contribution in [-0.4, -0.2) is 42.5 Å². The third kappa shape index (κ3) is 8.78. The molecule has 1 aliphatic heterocycles. The van der Waals surface area contributed by atoms with E-state index in [2.05, 4.69) is 23.6 Å². The molecule has 1 fully saturated rings. The zero-order valence-corrected chi connectivity index (χ0v) is 21.3. The van der Waals surface area contributed by atoms with Gasteiger partial charge in [-0.05, 0) is 54.3 Å². The summed E-state index contributed by atoms with van der Waals surface area (Å²) in [6.07, 6.45) is 12.3. The summed E-state index contributed by atoms with van der Waals surface area (Å²) in [5, 5.41) is 0. The first-order valence-electron chi connectivity index (χ1n) is 13.5. The van der Waals surface area contributed by atoms with Crippen molar-refractivity contribution in [2.45, 2.75) is 77.7 Å².